The third-order valence-electron chi connectivity index (χ3n) is 5.07. The monoisotopic (exact) mass is 484 g/mol. The van der Waals surface area contributed by atoms with Gasteiger partial charge in [-0.15, -0.1) is 0 Å². The summed E-state index contributed by atoms with van der Waals surface area (Å²) in [6.07, 6.45) is 5.88. The Labute approximate surface area is 186 Å². The Morgan fingerprint density at radius 1 is 1.19 bits per heavy atom. The summed E-state index contributed by atoms with van der Waals surface area (Å²) in [5.41, 5.74) is 0.687. The fourth-order valence-electron chi connectivity index (χ4n) is 3.22. The predicted octanol–water partition coefficient (Wildman–Crippen LogP) is 3.26. The van der Waals surface area contributed by atoms with E-state index in [0.29, 0.717) is 10.5 Å². The molecule has 168 valence electrons. The molecule has 0 bridgehead atoms. The lowest BCUT2D eigenvalue weighted by atomic mass is 10.1. The number of carbonyl (C=O) groups excluding carboxylic acids is 1. The van der Waals surface area contributed by atoms with Crippen LogP contribution >= 0.6 is 21.9 Å². The van der Waals surface area contributed by atoms with Gasteiger partial charge in [0.1, 0.15) is 4.21 Å². The highest BCUT2D eigenvalue weighted by atomic mass is 32.3. The number of amides is 1. The van der Waals surface area contributed by atoms with Crippen molar-refractivity contribution >= 4 is 48.5 Å². The zero-order chi connectivity index (χ0) is 22.2. The van der Waals surface area contributed by atoms with Gasteiger partial charge in [-0.3, -0.25) is 24.2 Å². The van der Waals surface area contributed by atoms with Gasteiger partial charge in [0.05, 0.1) is 16.3 Å². The molecule has 1 aliphatic carbocycles. The van der Waals surface area contributed by atoms with Crippen LogP contribution in [0.1, 0.15) is 31.2 Å². The van der Waals surface area contributed by atoms with E-state index in [4.69, 9.17) is 0 Å². The zero-order valence-electron chi connectivity index (χ0n) is 16.9. The third kappa shape index (κ3) is 5.09. The second kappa shape index (κ2) is 8.51. The molecule has 1 amide bonds. The largest absolute Gasteiger partial charge is 0.296 e. The molecule has 0 spiro atoms. The molecule has 1 saturated heterocycles. The number of hydrogen-bond acceptors (Lipinski definition) is 9. The highest BCUT2D eigenvalue weighted by Crippen LogP contribution is 2.61. The van der Waals surface area contributed by atoms with Crippen LogP contribution in [0.5, 0.6) is 0 Å². The molecule has 12 heteroatoms. The van der Waals surface area contributed by atoms with Crippen LogP contribution in [0.2, 0.25) is 0 Å². The van der Waals surface area contributed by atoms with Crippen LogP contribution in [0.3, 0.4) is 0 Å². The minimum atomic E-state index is -3.41. The van der Waals surface area contributed by atoms with Crippen molar-refractivity contribution in [3.05, 3.63) is 36.0 Å². The Bertz CT molecular complexity index is 1100. The van der Waals surface area contributed by atoms with Crippen molar-refractivity contribution in [2.45, 2.75) is 40.0 Å². The van der Waals surface area contributed by atoms with Crippen LogP contribution < -0.4 is 5.32 Å². The molecule has 9 nitrogen and oxygen atoms in total. The summed E-state index contributed by atoms with van der Waals surface area (Å²) in [5.74, 6) is -0.511. The number of sulfone groups is 1. The fraction of sp³-hybridized carbons (Fsp3) is 0.421. The van der Waals surface area contributed by atoms with E-state index < -0.39 is 26.3 Å². The van der Waals surface area contributed by atoms with E-state index in [2.05, 4.69) is 15.4 Å². The molecule has 2 aromatic rings. The van der Waals surface area contributed by atoms with Crippen molar-refractivity contribution in [3.8, 4) is 0 Å². The Morgan fingerprint density at radius 2 is 1.84 bits per heavy atom. The van der Waals surface area contributed by atoms with Gasteiger partial charge >= 0.3 is 0 Å². The molecular weight excluding hydrogens is 460 g/mol. The summed E-state index contributed by atoms with van der Waals surface area (Å²) in [6, 6.07) is 6.57. The van der Waals surface area contributed by atoms with Crippen molar-refractivity contribution in [1.82, 2.24) is 9.99 Å². The van der Waals surface area contributed by atoms with Crippen LogP contribution in [0.15, 0.2) is 44.7 Å². The number of nitrogens with zero attached hydrogens (tertiary/aromatic N) is 3. The van der Waals surface area contributed by atoms with Crippen molar-refractivity contribution < 1.29 is 22.3 Å². The van der Waals surface area contributed by atoms with E-state index >= 15 is 0 Å². The number of rotatable bonds is 7. The van der Waals surface area contributed by atoms with Crippen molar-refractivity contribution in [1.29, 1.82) is 0 Å². The average Bonchev–Trinajstić information content (AvgIpc) is 3.26. The Morgan fingerprint density at radius 3 is 2.39 bits per heavy atom. The van der Waals surface area contributed by atoms with Gasteiger partial charge in [-0.05, 0) is 37.8 Å². The SMILES string of the molecule is CS(=O)(=O)c1cnc(NC(=O)/C(=N/N2CCCC2)c2ccc(S(O)(O)C3CC3)cc2)s1. The van der Waals surface area contributed by atoms with Gasteiger partial charge < -0.3 is 0 Å². The average molecular weight is 485 g/mol. The number of anilines is 1. The van der Waals surface area contributed by atoms with Gasteiger partial charge in [0.15, 0.2) is 20.7 Å². The Kier molecular flexibility index (Phi) is 6.10. The zero-order valence-corrected chi connectivity index (χ0v) is 19.3. The molecule has 0 atom stereocenters. The van der Waals surface area contributed by atoms with Crippen LogP contribution in [0, 0.1) is 0 Å². The Hall–Kier alpha value is -1.99. The highest BCUT2D eigenvalue weighted by molar-refractivity contribution is 8.25. The van der Waals surface area contributed by atoms with Gasteiger partial charge in [0.25, 0.3) is 5.91 Å². The maximum Gasteiger partial charge on any atom is 0.278 e. The molecule has 1 saturated carbocycles. The molecule has 31 heavy (non-hydrogen) atoms. The Balaban J connectivity index is 1.60. The maximum atomic E-state index is 13.0. The number of aromatic nitrogens is 1. The quantitative estimate of drug-likeness (QED) is 0.514. The smallest absolute Gasteiger partial charge is 0.278 e. The summed E-state index contributed by atoms with van der Waals surface area (Å²) in [6.45, 7) is 1.49. The van der Waals surface area contributed by atoms with E-state index in [1.165, 1.54) is 6.20 Å². The molecule has 2 aliphatic rings. The van der Waals surface area contributed by atoms with Crippen molar-refractivity contribution in [3.63, 3.8) is 0 Å². The standard InChI is InChI=1S/C19H24N4O5S3/c1-30(25,26)16-12-20-19(29-16)21-18(24)17(22-23-10-2-3-11-23)13-4-6-14(7-5-13)31(27,28)15-8-9-15/h4-7,12,15,27-28H,2-3,8-11H2,1H3,(H,20,21,24)/b22-17+. The second-order valence-corrected chi connectivity index (χ2v) is 13.2. The minimum Gasteiger partial charge on any atom is -0.296 e. The summed E-state index contributed by atoms with van der Waals surface area (Å²) in [7, 11) is -6.24. The van der Waals surface area contributed by atoms with Crippen LogP contribution in [0.4, 0.5) is 5.13 Å². The number of hydrazone groups is 1. The lowest BCUT2D eigenvalue weighted by molar-refractivity contribution is -0.110. The van der Waals surface area contributed by atoms with E-state index in [9.17, 15) is 22.3 Å². The van der Waals surface area contributed by atoms with Crippen LogP contribution in [-0.2, 0) is 14.6 Å². The first-order valence-corrected chi connectivity index (χ1v) is 14.1. The summed E-state index contributed by atoms with van der Waals surface area (Å²) < 4.78 is 44.3. The number of carbonyl (C=O) groups is 1. The molecule has 1 aromatic carbocycles. The molecule has 1 aromatic heterocycles. The molecule has 0 unspecified atom stereocenters. The van der Waals surface area contributed by atoms with Gasteiger partial charge in [0, 0.05) is 24.9 Å². The molecule has 2 heterocycles. The second-order valence-electron chi connectivity index (χ2n) is 7.64. The predicted molar refractivity (Wildman–Crippen MR) is 122 cm³/mol. The number of thiazole rings is 1. The molecule has 3 N–H and O–H groups in total. The first-order valence-electron chi connectivity index (χ1n) is 9.83. The van der Waals surface area contributed by atoms with E-state index in [1.54, 1.807) is 24.3 Å². The van der Waals surface area contributed by atoms with Crippen molar-refractivity contribution in [2.24, 2.45) is 5.10 Å². The maximum absolute atomic E-state index is 13.0. The first-order chi connectivity index (χ1) is 14.6. The van der Waals surface area contributed by atoms with Gasteiger partial charge in [-0.25, -0.2) is 13.4 Å². The van der Waals surface area contributed by atoms with Gasteiger partial charge in [0.2, 0.25) is 0 Å². The summed E-state index contributed by atoms with van der Waals surface area (Å²) in [4.78, 5) is 17.5. The highest BCUT2D eigenvalue weighted by Gasteiger charge is 2.37. The third-order valence-corrected chi connectivity index (χ3v) is 10.1. The number of hydrogen-bond donors (Lipinski definition) is 3. The number of nitrogens with one attached hydrogen (secondary N) is 1. The van der Waals surface area contributed by atoms with Crippen LogP contribution in [0.25, 0.3) is 0 Å². The molecular formula is C19H24N4O5S3. The lowest BCUT2D eigenvalue weighted by Crippen LogP contribution is -2.27. The fourth-order valence-corrected chi connectivity index (χ4v) is 6.57. The van der Waals surface area contributed by atoms with Crippen molar-refractivity contribution in [2.75, 3.05) is 24.7 Å². The molecule has 4 rings (SSSR count). The first kappa shape index (κ1) is 22.2. The summed E-state index contributed by atoms with van der Waals surface area (Å²) in [5, 5.41) is 9.05. The normalized spacial score (nSPS) is 18.3. The molecule has 0 radical (unpaired) electrons. The molecule has 1 aliphatic heterocycles. The topological polar surface area (TPSA) is 132 Å². The summed E-state index contributed by atoms with van der Waals surface area (Å²) >= 11 is 0.877. The van der Waals surface area contributed by atoms with Gasteiger partial charge in [-0.1, -0.05) is 23.5 Å². The molecule has 2 fully saturated rings. The van der Waals surface area contributed by atoms with E-state index in [1.807, 2.05) is 5.01 Å². The van der Waals surface area contributed by atoms with Crippen LogP contribution in [-0.4, -0.2) is 63.7 Å². The minimum absolute atomic E-state index is 0.0652. The van der Waals surface area contributed by atoms with E-state index in [-0.39, 0.29) is 20.3 Å². The lowest BCUT2D eigenvalue weighted by Gasteiger charge is -2.32. The number of benzene rings is 1. The van der Waals surface area contributed by atoms with Gasteiger partial charge in [-0.2, -0.15) is 15.7 Å². The van der Waals surface area contributed by atoms with E-state index in [0.717, 1.165) is 56.4 Å².